The molecule has 0 spiro atoms. The monoisotopic (exact) mass is 424 g/mol. The van der Waals surface area contributed by atoms with Gasteiger partial charge < -0.3 is 4.74 Å². The Kier molecular flexibility index (Phi) is 7.34. The molecule has 0 aliphatic carbocycles. The van der Waals surface area contributed by atoms with Crippen LogP contribution in [-0.4, -0.2) is 34.1 Å². The van der Waals surface area contributed by atoms with E-state index >= 15 is 0 Å². The van der Waals surface area contributed by atoms with E-state index in [2.05, 4.69) is 25.8 Å². The molecule has 0 saturated carbocycles. The molecule has 2 rings (SSSR count). The first-order valence-electron chi connectivity index (χ1n) is 9.83. The van der Waals surface area contributed by atoms with Crippen LogP contribution in [-0.2, 0) is 10.2 Å². The summed E-state index contributed by atoms with van der Waals surface area (Å²) in [7, 11) is 0. The summed E-state index contributed by atoms with van der Waals surface area (Å²) in [4.78, 5) is 18.8. The van der Waals surface area contributed by atoms with Crippen LogP contribution in [0.2, 0.25) is 0 Å². The molecule has 1 aromatic rings. The van der Waals surface area contributed by atoms with Gasteiger partial charge in [-0.3, -0.25) is 4.90 Å². The zero-order chi connectivity index (χ0) is 22.5. The molecule has 1 fully saturated rings. The maximum absolute atomic E-state index is 12.7. The Morgan fingerprint density at radius 3 is 2.20 bits per heavy atom. The first kappa shape index (κ1) is 23.5. The highest BCUT2D eigenvalue weighted by atomic mass is 32.2. The standard InChI is InChI=1S/C23H28N4O2S/c1-22(2,3)18-10-8-16(9-11-18)19(17(14-24)15-25)26-20-27(12-7-13-30-20)21(28)29-23(4,5)6/h8-11H,7,12-13H2,1-6H3. The van der Waals surface area contributed by atoms with E-state index in [1.165, 1.54) is 16.7 Å². The van der Waals surface area contributed by atoms with Crippen molar-refractivity contribution < 1.29 is 9.53 Å². The second-order valence-corrected chi connectivity index (χ2v) is 10.1. The van der Waals surface area contributed by atoms with Crippen LogP contribution < -0.4 is 0 Å². The third kappa shape index (κ3) is 6.11. The van der Waals surface area contributed by atoms with Crippen LogP contribution in [0.3, 0.4) is 0 Å². The zero-order valence-corrected chi connectivity index (χ0v) is 19.3. The van der Waals surface area contributed by atoms with E-state index < -0.39 is 11.7 Å². The van der Waals surface area contributed by atoms with Gasteiger partial charge in [0.2, 0.25) is 0 Å². The average molecular weight is 425 g/mol. The van der Waals surface area contributed by atoms with Crippen LogP contribution in [0.15, 0.2) is 34.8 Å². The van der Waals surface area contributed by atoms with E-state index in [-0.39, 0.29) is 16.7 Å². The van der Waals surface area contributed by atoms with Gasteiger partial charge in [-0.2, -0.15) is 10.5 Å². The van der Waals surface area contributed by atoms with Gasteiger partial charge in [-0.05, 0) is 38.2 Å². The van der Waals surface area contributed by atoms with E-state index in [9.17, 15) is 15.3 Å². The maximum Gasteiger partial charge on any atom is 0.416 e. The number of aliphatic imine (C=N–C) groups is 1. The van der Waals surface area contributed by atoms with Gasteiger partial charge in [-0.1, -0.05) is 56.8 Å². The van der Waals surface area contributed by atoms with Gasteiger partial charge in [-0.25, -0.2) is 9.79 Å². The summed E-state index contributed by atoms with van der Waals surface area (Å²) >= 11 is 1.42. The number of nitrogens with zero attached hydrogens (tertiary/aromatic N) is 4. The van der Waals surface area contributed by atoms with Crippen molar-refractivity contribution in [2.75, 3.05) is 12.3 Å². The van der Waals surface area contributed by atoms with E-state index in [4.69, 9.17) is 4.74 Å². The third-order valence-corrected chi connectivity index (χ3v) is 5.36. The van der Waals surface area contributed by atoms with Gasteiger partial charge in [0.1, 0.15) is 23.4 Å². The minimum absolute atomic E-state index is 0.0195. The first-order valence-corrected chi connectivity index (χ1v) is 10.8. The lowest BCUT2D eigenvalue weighted by atomic mass is 9.86. The Balaban J connectivity index is 2.51. The predicted octanol–water partition coefficient (Wildman–Crippen LogP) is 5.47. The van der Waals surface area contributed by atoms with Crippen LogP contribution >= 0.6 is 11.8 Å². The number of nitriles is 2. The molecule has 1 aliphatic rings. The molecule has 0 N–H and O–H groups in total. The van der Waals surface area contributed by atoms with Gasteiger partial charge in [0.05, 0.1) is 0 Å². The highest BCUT2D eigenvalue weighted by Crippen LogP contribution is 2.29. The molecule has 0 aromatic heterocycles. The fraction of sp³-hybridized carbons (Fsp3) is 0.478. The van der Waals surface area contributed by atoms with Crippen molar-refractivity contribution in [3.8, 4) is 12.1 Å². The molecule has 0 bridgehead atoms. The minimum atomic E-state index is -0.629. The highest BCUT2D eigenvalue weighted by molar-refractivity contribution is 8.13. The summed E-state index contributed by atoms with van der Waals surface area (Å²) < 4.78 is 5.51. The van der Waals surface area contributed by atoms with Crippen LogP contribution in [0.5, 0.6) is 0 Å². The average Bonchev–Trinajstić information content (AvgIpc) is 2.66. The molecule has 1 amide bonds. The van der Waals surface area contributed by atoms with Gasteiger partial charge in [0.15, 0.2) is 10.7 Å². The van der Waals surface area contributed by atoms with Gasteiger partial charge in [0, 0.05) is 17.9 Å². The molecule has 158 valence electrons. The lowest BCUT2D eigenvalue weighted by molar-refractivity contribution is 0.0373. The molecule has 30 heavy (non-hydrogen) atoms. The smallest absolute Gasteiger partial charge is 0.416 e. The number of amidine groups is 1. The van der Waals surface area contributed by atoms with E-state index in [1.807, 2.05) is 57.2 Å². The van der Waals surface area contributed by atoms with Crippen LogP contribution in [0.4, 0.5) is 4.79 Å². The molecule has 1 saturated heterocycles. The predicted molar refractivity (Wildman–Crippen MR) is 121 cm³/mol. The molecule has 6 nitrogen and oxygen atoms in total. The Hall–Kier alpha value is -2.77. The number of ether oxygens (including phenoxy) is 1. The van der Waals surface area contributed by atoms with Crippen LogP contribution in [0.25, 0.3) is 5.70 Å². The summed E-state index contributed by atoms with van der Waals surface area (Å²) in [5, 5.41) is 19.4. The van der Waals surface area contributed by atoms with Gasteiger partial charge in [0.25, 0.3) is 0 Å². The number of carbonyl (C=O) groups is 1. The molecule has 1 aliphatic heterocycles. The fourth-order valence-corrected chi connectivity index (χ4v) is 3.69. The Bertz CT molecular complexity index is 920. The van der Waals surface area contributed by atoms with E-state index in [0.29, 0.717) is 17.3 Å². The number of benzene rings is 1. The lowest BCUT2D eigenvalue weighted by Crippen LogP contribution is -2.42. The summed E-state index contributed by atoms with van der Waals surface area (Å²) in [6, 6.07) is 11.5. The zero-order valence-electron chi connectivity index (χ0n) is 18.4. The second-order valence-electron chi connectivity index (χ2n) is 9.00. The number of amides is 1. The number of thioether (sulfide) groups is 1. The number of hydrogen-bond acceptors (Lipinski definition) is 6. The second kappa shape index (κ2) is 9.36. The molecule has 0 radical (unpaired) electrons. The Labute approximate surface area is 183 Å². The van der Waals surface area contributed by atoms with Crippen molar-refractivity contribution >= 4 is 28.7 Å². The molecule has 0 unspecified atom stereocenters. The number of hydrogen-bond donors (Lipinski definition) is 0. The quantitative estimate of drug-likeness (QED) is 0.587. The molecular formula is C23H28N4O2S. The summed E-state index contributed by atoms with van der Waals surface area (Å²) in [5.41, 5.74) is 1.31. The van der Waals surface area contributed by atoms with E-state index in [0.717, 1.165) is 17.7 Å². The molecular weight excluding hydrogens is 396 g/mol. The number of allylic oxidation sites excluding steroid dienone is 1. The van der Waals surface area contributed by atoms with Crippen molar-refractivity contribution in [3.05, 3.63) is 41.0 Å². The minimum Gasteiger partial charge on any atom is -0.443 e. The lowest BCUT2D eigenvalue weighted by Gasteiger charge is -2.30. The summed E-state index contributed by atoms with van der Waals surface area (Å²) in [6.07, 6.45) is 0.331. The van der Waals surface area contributed by atoms with Crippen LogP contribution in [0, 0.1) is 22.7 Å². The molecule has 1 aromatic carbocycles. The molecule has 1 heterocycles. The summed E-state index contributed by atoms with van der Waals surface area (Å²) in [5.74, 6) is 0.794. The maximum atomic E-state index is 12.7. The molecule has 7 heteroatoms. The third-order valence-electron chi connectivity index (χ3n) is 4.29. The first-order chi connectivity index (χ1) is 14.0. The van der Waals surface area contributed by atoms with Crippen molar-refractivity contribution in [2.24, 2.45) is 4.99 Å². The normalized spacial score (nSPS) is 15.9. The Morgan fingerprint density at radius 2 is 1.70 bits per heavy atom. The SMILES string of the molecule is CC(C)(C)OC(=O)N1CCCSC1=NC(=C(C#N)C#N)c1ccc(C(C)(C)C)cc1. The van der Waals surface area contributed by atoms with Crippen molar-refractivity contribution in [1.29, 1.82) is 10.5 Å². The number of carbonyl (C=O) groups excluding carboxylic acids is 1. The van der Waals surface area contributed by atoms with Gasteiger partial charge in [-0.15, -0.1) is 0 Å². The van der Waals surface area contributed by atoms with E-state index in [1.54, 1.807) is 0 Å². The highest BCUT2D eigenvalue weighted by Gasteiger charge is 2.29. The van der Waals surface area contributed by atoms with Gasteiger partial charge >= 0.3 is 6.09 Å². The van der Waals surface area contributed by atoms with Crippen molar-refractivity contribution in [1.82, 2.24) is 4.90 Å². The number of rotatable bonds is 2. The Morgan fingerprint density at radius 1 is 1.10 bits per heavy atom. The topological polar surface area (TPSA) is 89.5 Å². The largest absolute Gasteiger partial charge is 0.443 e. The summed E-state index contributed by atoms with van der Waals surface area (Å²) in [6.45, 7) is 12.3. The van der Waals surface area contributed by atoms with Crippen LogP contribution in [0.1, 0.15) is 59.1 Å². The molecule has 0 atom stereocenters. The fourth-order valence-electron chi connectivity index (χ4n) is 2.76. The van der Waals surface area contributed by atoms with Crippen molar-refractivity contribution in [2.45, 2.75) is 59.0 Å². The van der Waals surface area contributed by atoms with Crippen molar-refractivity contribution in [3.63, 3.8) is 0 Å².